The lowest BCUT2D eigenvalue weighted by molar-refractivity contribution is 0.586. The molecule has 0 aliphatic carbocycles. The molecule has 7 heteroatoms. The number of nitrogens with two attached hydrogens (primary N) is 1. The number of nitrogens with zero attached hydrogens (tertiary/aromatic N) is 3. The predicted octanol–water partition coefficient (Wildman–Crippen LogP) is 1.31. The maximum absolute atomic E-state index is 12.8. The van der Waals surface area contributed by atoms with Gasteiger partial charge in [0, 0.05) is 19.8 Å². The van der Waals surface area contributed by atoms with E-state index in [4.69, 9.17) is 5.73 Å². The highest BCUT2D eigenvalue weighted by atomic mass is 32.2. The molecular formula is C14H16N4O2S. The zero-order valence-corrected chi connectivity index (χ0v) is 12.4. The maximum atomic E-state index is 12.8. The number of nitrogen functional groups attached to an aromatic ring is 1. The van der Waals surface area contributed by atoms with E-state index in [1.54, 1.807) is 18.2 Å². The van der Waals surface area contributed by atoms with Gasteiger partial charge in [-0.25, -0.2) is 4.98 Å². The third-order valence-electron chi connectivity index (χ3n) is 3.54. The first-order valence-corrected chi connectivity index (χ1v) is 7.99. The van der Waals surface area contributed by atoms with Crippen LogP contribution in [0.4, 0.5) is 17.1 Å². The third-order valence-corrected chi connectivity index (χ3v) is 5.32. The lowest BCUT2D eigenvalue weighted by Crippen LogP contribution is -2.43. The van der Waals surface area contributed by atoms with Gasteiger partial charge in [0.1, 0.15) is 0 Å². The Labute approximate surface area is 123 Å². The summed E-state index contributed by atoms with van der Waals surface area (Å²) >= 11 is 0. The number of fused-ring (bicyclic) bond motifs is 1. The van der Waals surface area contributed by atoms with Crippen LogP contribution < -0.4 is 14.9 Å². The van der Waals surface area contributed by atoms with E-state index < -0.39 is 10.0 Å². The molecule has 0 unspecified atom stereocenters. The quantitative estimate of drug-likeness (QED) is 0.905. The molecule has 0 spiro atoms. The van der Waals surface area contributed by atoms with Crippen LogP contribution in [-0.4, -0.2) is 33.5 Å². The van der Waals surface area contributed by atoms with E-state index in [2.05, 4.69) is 4.98 Å². The standard InChI is InChI=1S/C14H16N4O2S/c1-17-9-10-18(13-7-3-2-6-12(13)17)21(19,20)14-11(15)5-4-8-16-14/h2-8H,9-10,15H2,1H3. The molecule has 0 bridgehead atoms. The molecule has 21 heavy (non-hydrogen) atoms. The fourth-order valence-electron chi connectivity index (χ4n) is 2.45. The van der Waals surface area contributed by atoms with Gasteiger partial charge in [0.25, 0.3) is 10.0 Å². The van der Waals surface area contributed by atoms with Crippen molar-refractivity contribution in [2.24, 2.45) is 0 Å². The van der Waals surface area contributed by atoms with Crippen molar-refractivity contribution in [1.82, 2.24) is 4.98 Å². The summed E-state index contributed by atoms with van der Waals surface area (Å²) in [6.45, 7) is 0.981. The van der Waals surface area contributed by atoms with Gasteiger partial charge in [0.05, 0.1) is 23.6 Å². The molecule has 1 aliphatic heterocycles. The van der Waals surface area contributed by atoms with Crippen LogP contribution in [0.5, 0.6) is 0 Å². The van der Waals surface area contributed by atoms with Gasteiger partial charge in [-0.1, -0.05) is 12.1 Å². The van der Waals surface area contributed by atoms with E-state index in [-0.39, 0.29) is 10.7 Å². The van der Waals surface area contributed by atoms with E-state index in [0.29, 0.717) is 18.8 Å². The molecule has 1 aromatic heterocycles. The average molecular weight is 304 g/mol. The van der Waals surface area contributed by atoms with Crippen LogP contribution in [0.15, 0.2) is 47.6 Å². The Bertz CT molecular complexity index is 776. The molecule has 0 saturated carbocycles. The van der Waals surface area contributed by atoms with Crippen LogP contribution >= 0.6 is 0 Å². The first-order chi connectivity index (χ1) is 10.0. The highest BCUT2D eigenvalue weighted by molar-refractivity contribution is 7.92. The van der Waals surface area contributed by atoms with Crippen molar-refractivity contribution in [2.45, 2.75) is 5.03 Å². The van der Waals surface area contributed by atoms with Gasteiger partial charge in [0.15, 0.2) is 5.03 Å². The molecule has 1 aromatic carbocycles. The molecule has 2 N–H and O–H groups in total. The van der Waals surface area contributed by atoms with E-state index in [0.717, 1.165) is 5.69 Å². The second kappa shape index (κ2) is 4.92. The SMILES string of the molecule is CN1CCN(S(=O)(=O)c2ncccc2N)c2ccccc21. The van der Waals surface area contributed by atoms with Crippen molar-refractivity contribution in [3.8, 4) is 0 Å². The fourth-order valence-corrected chi connectivity index (χ4v) is 3.96. The van der Waals surface area contributed by atoms with E-state index >= 15 is 0 Å². The Kier molecular flexibility index (Phi) is 3.21. The molecule has 2 aromatic rings. The van der Waals surface area contributed by atoms with Crippen molar-refractivity contribution < 1.29 is 8.42 Å². The van der Waals surface area contributed by atoms with Crippen LogP contribution in [0.25, 0.3) is 0 Å². The average Bonchev–Trinajstić information content (AvgIpc) is 2.48. The van der Waals surface area contributed by atoms with Crippen LogP contribution in [-0.2, 0) is 10.0 Å². The van der Waals surface area contributed by atoms with Gasteiger partial charge in [-0.2, -0.15) is 8.42 Å². The number of sulfonamides is 1. The van der Waals surface area contributed by atoms with Gasteiger partial charge in [0.2, 0.25) is 0 Å². The molecule has 0 radical (unpaired) electrons. The fraction of sp³-hybridized carbons (Fsp3) is 0.214. The number of hydrogen-bond acceptors (Lipinski definition) is 5. The molecule has 3 rings (SSSR count). The van der Waals surface area contributed by atoms with Crippen LogP contribution in [0.1, 0.15) is 0 Å². The lowest BCUT2D eigenvalue weighted by Gasteiger charge is -2.35. The van der Waals surface area contributed by atoms with Gasteiger partial charge in [-0.3, -0.25) is 4.31 Å². The molecule has 110 valence electrons. The molecular weight excluding hydrogens is 288 g/mol. The minimum atomic E-state index is -3.76. The first-order valence-electron chi connectivity index (χ1n) is 6.55. The number of anilines is 3. The molecule has 1 aliphatic rings. The number of aromatic nitrogens is 1. The number of hydrogen-bond donors (Lipinski definition) is 1. The van der Waals surface area contributed by atoms with Crippen LogP contribution in [0, 0.1) is 0 Å². The summed E-state index contributed by atoms with van der Waals surface area (Å²) in [7, 11) is -1.82. The van der Waals surface area contributed by atoms with Crippen molar-refractivity contribution in [2.75, 3.05) is 35.1 Å². The van der Waals surface area contributed by atoms with Crippen molar-refractivity contribution in [3.05, 3.63) is 42.6 Å². The Balaban J connectivity index is 2.14. The summed E-state index contributed by atoms with van der Waals surface area (Å²) in [5, 5.41) is -0.0932. The Morgan fingerprint density at radius 2 is 1.81 bits per heavy atom. The normalized spacial score (nSPS) is 14.9. The van der Waals surface area contributed by atoms with E-state index in [9.17, 15) is 8.42 Å². The molecule has 6 nitrogen and oxygen atoms in total. The summed E-state index contributed by atoms with van der Waals surface area (Å²) in [5.74, 6) is 0. The summed E-state index contributed by atoms with van der Waals surface area (Å²) in [4.78, 5) is 5.98. The molecule has 0 atom stereocenters. The van der Waals surface area contributed by atoms with Crippen molar-refractivity contribution in [3.63, 3.8) is 0 Å². The highest BCUT2D eigenvalue weighted by Gasteiger charge is 2.32. The third kappa shape index (κ3) is 2.19. The summed E-state index contributed by atoms with van der Waals surface area (Å²) in [6.07, 6.45) is 1.44. The lowest BCUT2D eigenvalue weighted by atomic mass is 10.2. The topological polar surface area (TPSA) is 79.5 Å². The second-order valence-electron chi connectivity index (χ2n) is 4.89. The zero-order chi connectivity index (χ0) is 15.0. The molecule has 0 fully saturated rings. The number of likely N-dealkylation sites (N-methyl/N-ethyl adjacent to an activating group) is 1. The Hall–Kier alpha value is -2.28. The minimum absolute atomic E-state index is 0.0932. The smallest absolute Gasteiger partial charge is 0.284 e. The van der Waals surface area contributed by atoms with Gasteiger partial charge < -0.3 is 10.6 Å². The number of pyridine rings is 1. The molecule has 0 saturated heterocycles. The van der Waals surface area contributed by atoms with Crippen molar-refractivity contribution in [1.29, 1.82) is 0 Å². The first kappa shape index (κ1) is 13.7. The number of rotatable bonds is 2. The van der Waals surface area contributed by atoms with Gasteiger partial charge in [-0.05, 0) is 24.3 Å². The second-order valence-corrected chi connectivity index (χ2v) is 6.66. The van der Waals surface area contributed by atoms with Gasteiger partial charge in [-0.15, -0.1) is 0 Å². The minimum Gasteiger partial charge on any atom is -0.396 e. The number of benzene rings is 1. The largest absolute Gasteiger partial charge is 0.396 e. The van der Waals surface area contributed by atoms with Gasteiger partial charge >= 0.3 is 0 Å². The van der Waals surface area contributed by atoms with Crippen molar-refractivity contribution >= 4 is 27.1 Å². The van der Waals surface area contributed by atoms with Crippen LogP contribution in [0.3, 0.4) is 0 Å². The monoisotopic (exact) mass is 304 g/mol. The zero-order valence-electron chi connectivity index (χ0n) is 11.6. The van der Waals surface area contributed by atoms with E-state index in [1.807, 2.05) is 30.1 Å². The Morgan fingerprint density at radius 3 is 2.52 bits per heavy atom. The number of para-hydroxylation sites is 2. The Morgan fingerprint density at radius 1 is 1.10 bits per heavy atom. The summed E-state index contributed by atoms with van der Waals surface area (Å²) in [5.41, 5.74) is 7.47. The summed E-state index contributed by atoms with van der Waals surface area (Å²) < 4.78 is 27.1. The summed E-state index contributed by atoms with van der Waals surface area (Å²) in [6, 6.07) is 10.6. The molecule has 2 heterocycles. The maximum Gasteiger partial charge on any atom is 0.284 e. The van der Waals surface area contributed by atoms with Crippen LogP contribution in [0.2, 0.25) is 0 Å². The highest BCUT2D eigenvalue weighted by Crippen LogP contribution is 2.35. The predicted molar refractivity (Wildman–Crippen MR) is 82.9 cm³/mol. The van der Waals surface area contributed by atoms with E-state index in [1.165, 1.54) is 10.5 Å². The molecule has 0 amide bonds.